The van der Waals surface area contributed by atoms with Crippen molar-refractivity contribution < 1.29 is 9.53 Å². The van der Waals surface area contributed by atoms with Crippen LogP contribution in [0.3, 0.4) is 0 Å². The van der Waals surface area contributed by atoms with Gasteiger partial charge in [0.25, 0.3) is 0 Å². The molecule has 0 radical (unpaired) electrons. The molecule has 1 saturated carbocycles. The van der Waals surface area contributed by atoms with Crippen LogP contribution in [0.2, 0.25) is 0 Å². The molecule has 0 spiro atoms. The van der Waals surface area contributed by atoms with Crippen molar-refractivity contribution >= 4 is 5.97 Å². The monoisotopic (exact) mass is 296 g/mol. The van der Waals surface area contributed by atoms with Gasteiger partial charge in [-0.3, -0.25) is 9.69 Å². The van der Waals surface area contributed by atoms with Gasteiger partial charge in [-0.2, -0.15) is 0 Å². The molecular weight excluding hydrogens is 264 g/mol. The van der Waals surface area contributed by atoms with Crippen molar-refractivity contribution in [2.24, 2.45) is 5.92 Å². The van der Waals surface area contributed by atoms with Crippen molar-refractivity contribution in [1.82, 2.24) is 10.2 Å². The van der Waals surface area contributed by atoms with E-state index in [2.05, 4.69) is 31.0 Å². The number of likely N-dealkylation sites (N-methyl/N-ethyl adjacent to an activating group) is 1. The molecule has 4 unspecified atom stereocenters. The average molecular weight is 296 g/mol. The summed E-state index contributed by atoms with van der Waals surface area (Å²) in [6.45, 7) is 8.77. The Morgan fingerprint density at radius 2 is 2.10 bits per heavy atom. The van der Waals surface area contributed by atoms with Crippen LogP contribution in [0.1, 0.15) is 59.3 Å². The lowest BCUT2D eigenvalue weighted by molar-refractivity contribution is -0.151. The molecule has 1 heterocycles. The Morgan fingerprint density at radius 3 is 2.76 bits per heavy atom. The number of rotatable bonds is 4. The van der Waals surface area contributed by atoms with Crippen molar-refractivity contribution in [1.29, 1.82) is 0 Å². The Balaban J connectivity index is 2.12. The summed E-state index contributed by atoms with van der Waals surface area (Å²) >= 11 is 0. The van der Waals surface area contributed by atoms with Gasteiger partial charge in [0.05, 0.1) is 7.11 Å². The summed E-state index contributed by atoms with van der Waals surface area (Å²) in [5.41, 5.74) is -0.465. The van der Waals surface area contributed by atoms with E-state index in [0.717, 1.165) is 31.7 Å². The van der Waals surface area contributed by atoms with Gasteiger partial charge in [-0.1, -0.05) is 13.8 Å². The fourth-order valence-corrected chi connectivity index (χ4v) is 4.36. The van der Waals surface area contributed by atoms with Crippen LogP contribution in [-0.4, -0.2) is 48.7 Å². The first-order chi connectivity index (χ1) is 10.0. The van der Waals surface area contributed by atoms with Crippen LogP contribution in [-0.2, 0) is 9.53 Å². The van der Waals surface area contributed by atoms with Gasteiger partial charge in [-0.15, -0.1) is 0 Å². The Labute approximate surface area is 129 Å². The summed E-state index contributed by atoms with van der Waals surface area (Å²) in [6, 6.07) is 1.13. The van der Waals surface area contributed by atoms with E-state index >= 15 is 0 Å². The lowest BCUT2D eigenvalue weighted by Crippen LogP contribution is -2.60. The fraction of sp³-hybridized carbons (Fsp3) is 0.941. The molecule has 4 nitrogen and oxygen atoms in total. The minimum Gasteiger partial charge on any atom is -0.468 e. The molecular formula is C17H32N2O2. The van der Waals surface area contributed by atoms with Crippen molar-refractivity contribution in [3.63, 3.8) is 0 Å². The summed E-state index contributed by atoms with van der Waals surface area (Å²) < 4.78 is 5.11. The van der Waals surface area contributed by atoms with E-state index in [4.69, 9.17) is 4.74 Å². The Hall–Kier alpha value is -0.610. The van der Waals surface area contributed by atoms with Gasteiger partial charge in [0.1, 0.15) is 5.54 Å². The third-order valence-corrected chi connectivity index (χ3v) is 5.71. The number of nitrogens with one attached hydrogen (secondary N) is 1. The standard InChI is InChI=1S/C17H32N2O2/c1-5-18-17(16(20)21-4)10-6-9-15(12-17)19-11-7-8-13(2)14(19)3/h13-15,18H,5-12H2,1-4H3. The van der Waals surface area contributed by atoms with Crippen LogP contribution >= 0.6 is 0 Å². The second-order valence-electron chi connectivity index (χ2n) is 6.95. The highest BCUT2D eigenvalue weighted by Crippen LogP contribution is 2.36. The maximum atomic E-state index is 12.3. The van der Waals surface area contributed by atoms with Crippen molar-refractivity contribution in [3.05, 3.63) is 0 Å². The van der Waals surface area contributed by atoms with Gasteiger partial charge >= 0.3 is 5.97 Å². The highest BCUT2D eigenvalue weighted by atomic mass is 16.5. The molecule has 4 atom stereocenters. The number of carbonyl (C=O) groups is 1. The Bertz CT molecular complexity index is 357. The van der Waals surface area contributed by atoms with Crippen molar-refractivity contribution in [2.45, 2.75) is 76.9 Å². The molecule has 122 valence electrons. The number of nitrogens with zero attached hydrogens (tertiary/aromatic N) is 1. The normalized spacial score (nSPS) is 38.2. The Kier molecular flexibility index (Phi) is 5.67. The lowest BCUT2D eigenvalue weighted by Gasteiger charge is -2.48. The van der Waals surface area contributed by atoms with Crippen LogP contribution in [0.25, 0.3) is 0 Å². The smallest absolute Gasteiger partial charge is 0.326 e. The molecule has 2 rings (SSSR count). The Morgan fingerprint density at radius 1 is 1.33 bits per heavy atom. The fourth-order valence-electron chi connectivity index (χ4n) is 4.36. The number of hydrogen-bond donors (Lipinski definition) is 1. The minimum atomic E-state index is -0.465. The molecule has 1 aliphatic carbocycles. The van der Waals surface area contributed by atoms with E-state index in [1.165, 1.54) is 32.9 Å². The van der Waals surface area contributed by atoms with Gasteiger partial charge in [-0.25, -0.2) is 0 Å². The molecule has 0 aromatic heterocycles. The molecule has 1 N–H and O–H groups in total. The number of methoxy groups -OCH3 is 1. The van der Waals surface area contributed by atoms with Gasteiger partial charge in [0, 0.05) is 12.1 Å². The summed E-state index contributed by atoms with van der Waals surface area (Å²) in [4.78, 5) is 15.0. The summed E-state index contributed by atoms with van der Waals surface area (Å²) in [5, 5.41) is 3.44. The van der Waals surface area contributed by atoms with Crippen LogP contribution < -0.4 is 5.32 Å². The third kappa shape index (κ3) is 3.42. The third-order valence-electron chi connectivity index (χ3n) is 5.71. The second-order valence-corrected chi connectivity index (χ2v) is 6.95. The quantitative estimate of drug-likeness (QED) is 0.810. The van der Waals surface area contributed by atoms with E-state index in [0.29, 0.717) is 12.1 Å². The molecule has 0 amide bonds. The first kappa shape index (κ1) is 16.8. The number of piperidine rings is 1. The second kappa shape index (κ2) is 7.10. The molecule has 2 aliphatic rings. The number of ether oxygens (including phenoxy) is 1. The molecule has 1 saturated heterocycles. The highest BCUT2D eigenvalue weighted by molar-refractivity contribution is 5.81. The van der Waals surface area contributed by atoms with Gasteiger partial charge < -0.3 is 10.1 Å². The topological polar surface area (TPSA) is 41.6 Å². The molecule has 0 aromatic carbocycles. The molecule has 4 heteroatoms. The van der Waals surface area contributed by atoms with Crippen LogP contribution in [0.4, 0.5) is 0 Å². The number of likely N-dealkylation sites (tertiary alicyclic amines) is 1. The van der Waals surface area contributed by atoms with E-state index < -0.39 is 5.54 Å². The zero-order valence-electron chi connectivity index (χ0n) is 14.2. The van der Waals surface area contributed by atoms with Gasteiger partial charge in [0.15, 0.2) is 0 Å². The first-order valence-corrected chi connectivity index (χ1v) is 8.63. The maximum absolute atomic E-state index is 12.3. The molecule has 0 aromatic rings. The highest BCUT2D eigenvalue weighted by Gasteiger charge is 2.45. The predicted molar refractivity (Wildman–Crippen MR) is 85.2 cm³/mol. The van der Waals surface area contributed by atoms with Crippen LogP contribution in [0.15, 0.2) is 0 Å². The molecule has 0 bridgehead atoms. The predicted octanol–water partition coefficient (Wildman–Crippen LogP) is 2.57. The molecule has 1 aliphatic heterocycles. The average Bonchev–Trinajstić information content (AvgIpc) is 2.49. The van der Waals surface area contributed by atoms with Gasteiger partial charge in [0.2, 0.25) is 0 Å². The van der Waals surface area contributed by atoms with E-state index in [1.807, 2.05) is 0 Å². The van der Waals surface area contributed by atoms with Gasteiger partial charge in [-0.05, 0) is 64.5 Å². The SMILES string of the molecule is CCNC1(C(=O)OC)CCCC(N2CCCC(C)C2C)C1. The largest absolute Gasteiger partial charge is 0.468 e. The number of esters is 1. The molecule has 21 heavy (non-hydrogen) atoms. The van der Waals surface area contributed by atoms with E-state index in [9.17, 15) is 4.79 Å². The van der Waals surface area contributed by atoms with Crippen LogP contribution in [0, 0.1) is 5.92 Å². The summed E-state index contributed by atoms with van der Waals surface area (Å²) in [6.07, 6.45) is 6.73. The maximum Gasteiger partial charge on any atom is 0.326 e. The lowest BCUT2D eigenvalue weighted by atomic mass is 9.76. The van der Waals surface area contributed by atoms with Crippen LogP contribution in [0.5, 0.6) is 0 Å². The zero-order valence-corrected chi connectivity index (χ0v) is 14.2. The first-order valence-electron chi connectivity index (χ1n) is 8.63. The minimum absolute atomic E-state index is 0.0771. The summed E-state index contributed by atoms with van der Waals surface area (Å²) in [7, 11) is 1.51. The van der Waals surface area contributed by atoms with Crippen molar-refractivity contribution in [3.8, 4) is 0 Å². The number of hydrogen-bond acceptors (Lipinski definition) is 4. The van der Waals surface area contributed by atoms with Crippen molar-refractivity contribution in [2.75, 3.05) is 20.2 Å². The molecule has 2 fully saturated rings. The zero-order chi connectivity index (χ0) is 15.5. The van der Waals surface area contributed by atoms with E-state index in [1.54, 1.807) is 0 Å². The number of carbonyl (C=O) groups excluding carboxylic acids is 1. The van der Waals surface area contributed by atoms with E-state index in [-0.39, 0.29) is 5.97 Å². The summed E-state index contributed by atoms with van der Waals surface area (Å²) in [5.74, 6) is 0.680.